The predicted octanol–water partition coefficient (Wildman–Crippen LogP) is 17.2. The third kappa shape index (κ3) is 14.8. The van der Waals surface area contributed by atoms with Gasteiger partial charge in [-0.25, -0.2) is 0 Å². The molecule has 0 spiro atoms. The van der Waals surface area contributed by atoms with Crippen LogP contribution in [-0.2, 0) is 25.2 Å². The Balaban J connectivity index is 1.37. The summed E-state index contributed by atoms with van der Waals surface area (Å²) < 4.78 is 6.61. The minimum Gasteiger partial charge on any atom is -0.480 e. The summed E-state index contributed by atoms with van der Waals surface area (Å²) in [5, 5.41) is 10.7. The molecule has 0 radical (unpaired) electrons. The Bertz CT molecular complexity index is 2400. The zero-order valence-electron chi connectivity index (χ0n) is 41.1. The minimum absolute atomic E-state index is 0.0183. The van der Waals surface area contributed by atoms with E-state index < -0.39 is 6.10 Å². The summed E-state index contributed by atoms with van der Waals surface area (Å²) in [5.41, 5.74) is 4.46. The number of thioether (sulfide) groups is 1. The van der Waals surface area contributed by atoms with Gasteiger partial charge in [0.25, 0.3) is 11.8 Å². The topological polar surface area (TPSA) is 99.8 Å². The Kier molecular flexibility index (Phi) is 20.9. The number of amides is 3. The maximum absolute atomic E-state index is 14.6. The maximum Gasteiger partial charge on any atom is 0.267 e. The Morgan fingerprint density at radius 1 is 0.721 bits per heavy atom. The zero-order valence-corrected chi connectivity index (χ0v) is 45.0. The molecule has 0 aromatic heterocycles. The van der Waals surface area contributed by atoms with Gasteiger partial charge in [0.1, 0.15) is 5.75 Å². The van der Waals surface area contributed by atoms with Crippen molar-refractivity contribution in [2.75, 3.05) is 27.4 Å². The first kappa shape index (κ1) is 55.1. The number of benzene rings is 4. The van der Waals surface area contributed by atoms with Crippen LogP contribution >= 0.6 is 58.2 Å². The van der Waals surface area contributed by atoms with Crippen molar-refractivity contribution in [2.24, 2.45) is 0 Å². The van der Waals surface area contributed by atoms with Crippen molar-refractivity contribution < 1.29 is 19.1 Å². The van der Waals surface area contributed by atoms with E-state index in [-0.39, 0.29) is 45.1 Å². The highest BCUT2D eigenvalue weighted by Gasteiger charge is 2.36. The monoisotopic (exact) mass is 1020 g/mol. The van der Waals surface area contributed by atoms with Crippen LogP contribution in [0.5, 0.6) is 5.75 Å². The van der Waals surface area contributed by atoms with Crippen LogP contribution in [0.3, 0.4) is 0 Å². The molecule has 13 heteroatoms. The van der Waals surface area contributed by atoms with E-state index in [1.165, 1.54) is 79.3 Å². The van der Waals surface area contributed by atoms with Crippen LogP contribution in [-0.4, -0.2) is 30.4 Å². The number of nitrogens with one attached hydrogen (secondary N) is 3. The molecule has 0 aliphatic carbocycles. The summed E-state index contributed by atoms with van der Waals surface area (Å²) in [6.45, 7) is 17.5. The van der Waals surface area contributed by atoms with E-state index in [0.717, 1.165) is 37.7 Å². The van der Waals surface area contributed by atoms with Crippen LogP contribution in [0.15, 0.2) is 88.3 Å². The summed E-state index contributed by atoms with van der Waals surface area (Å²) in [6, 6.07) is 22.0. The molecule has 5 rings (SSSR count). The highest BCUT2D eigenvalue weighted by atomic mass is 35.5. The standard InChI is InChI=1S/C55H70Cl4N4O4S/c1-9-13-14-15-16-17-18-19-20-21-26-49(64)60-38-28-29-40(57)44(34-38)61-45-35-63(50-41(58)32-37(56)33-42(50)59)53(66)51(45)68-48-25-23-22-24-43(48)62-52(65)46(10-2)67-47-30-27-36(54(5,6)11-3)31-39(47)55(7,8)12-4/h22-25,27-34,46,61H,9-21,26,35H2,1-8H3,(H,60,64)(H,62,65). The molecule has 1 atom stereocenters. The van der Waals surface area contributed by atoms with Crippen molar-refractivity contribution in [1.82, 2.24) is 0 Å². The Morgan fingerprint density at radius 3 is 1.99 bits per heavy atom. The average Bonchev–Trinajstić information content (AvgIpc) is 3.59. The molecular formula is C55H70Cl4N4O4S. The average molecular weight is 1030 g/mol. The lowest BCUT2D eigenvalue weighted by Gasteiger charge is -2.31. The van der Waals surface area contributed by atoms with E-state index in [4.69, 9.17) is 51.1 Å². The van der Waals surface area contributed by atoms with Gasteiger partial charge < -0.3 is 20.7 Å². The minimum atomic E-state index is -0.802. The summed E-state index contributed by atoms with van der Waals surface area (Å²) in [7, 11) is 0. The molecule has 0 bridgehead atoms. The fourth-order valence-corrected chi connectivity index (χ4v) is 10.2. The smallest absolute Gasteiger partial charge is 0.267 e. The quantitative estimate of drug-likeness (QED) is 0.0542. The SMILES string of the molecule is CCCCCCCCCCCCC(=O)Nc1ccc(Cl)c(NC2=C(Sc3ccccc3NC(=O)C(CC)Oc3ccc(C(C)(C)CC)cc3C(C)(C)CC)C(=O)N(c3c(Cl)cc(Cl)cc3Cl)C2)c1. The second kappa shape index (κ2) is 25.8. The van der Waals surface area contributed by atoms with Gasteiger partial charge in [-0.05, 0) is 90.6 Å². The van der Waals surface area contributed by atoms with E-state index in [1.54, 1.807) is 24.3 Å². The number of anilines is 4. The molecule has 3 N–H and O–H groups in total. The second-order valence-corrected chi connectivity index (χ2v) is 21.7. The van der Waals surface area contributed by atoms with Gasteiger partial charge in [0.15, 0.2) is 6.10 Å². The third-order valence-corrected chi connectivity index (χ3v) is 15.4. The van der Waals surface area contributed by atoms with Crippen LogP contribution < -0.4 is 25.6 Å². The lowest BCUT2D eigenvalue weighted by molar-refractivity contribution is -0.123. The van der Waals surface area contributed by atoms with Crippen molar-refractivity contribution >= 4 is 98.6 Å². The van der Waals surface area contributed by atoms with Crippen molar-refractivity contribution in [2.45, 2.75) is 167 Å². The third-order valence-electron chi connectivity index (χ3n) is 13.1. The highest BCUT2D eigenvalue weighted by molar-refractivity contribution is 8.04. The van der Waals surface area contributed by atoms with Gasteiger partial charge in [-0.15, -0.1) is 0 Å². The van der Waals surface area contributed by atoms with Crippen LogP contribution in [0.25, 0.3) is 0 Å². The van der Waals surface area contributed by atoms with Gasteiger partial charge in [-0.1, -0.05) is 196 Å². The Hall–Kier alpha value is -3.86. The predicted molar refractivity (Wildman–Crippen MR) is 290 cm³/mol. The number of hydrogen-bond acceptors (Lipinski definition) is 6. The van der Waals surface area contributed by atoms with Gasteiger partial charge in [-0.2, -0.15) is 0 Å². The normalized spacial score (nSPS) is 13.5. The molecule has 4 aromatic rings. The molecule has 0 saturated heterocycles. The molecule has 1 unspecified atom stereocenters. The largest absolute Gasteiger partial charge is 0.480 e. The van der Waals surface area contributed by atoms with Crippen molar-refractivity contribution in [3.8, 4) is 5.75 Å². The fourth-order valence-electron chi connectivity index (χ4n) is 8.02. The van der Waals surface area contributed by atoms with Gasteiger partial charge in [0.2, 0.25) is 5.91 Å². The first-order valence-electron chi connectivity index (χ1n) is 24.4. The number of unbranched alkanes of at least 4 members (excludes halogenated alkanes) is 9. The second-order valence-electron chi connectivity index (χ2n) is 19.0. The zero-order chi connectivity index (χ0) is 49.6. The lowest BCUT2D eigenvalue weighted by Crippen LogP contribution is -2.33. The van der Waals surface area contributed by atoms with Crippen LogP contribution in [0, 0.1) is 0 Å². The summed E-state index contributed by atoms with van der Waals surface area (Å²) in [6.07, 6.45) is 13.8. The van der Waals surface area contributed by atoms with Crippen LogP contribution in [0.4, 0.5) is 22.7 Å². The van der Waals surface area contributed by atoms with E-state index in [9.17, 15) is 14.4 Å². The first-order chi connectivity index (χ1) is 32.4. The molecule has 1 heterocycles. The van der Waals surface area contributed by atoms with E-state index in [1.807, 2.05) is 31.2 Å². The Morgan fingerprint density at radius 2 is 1.35 bits per heavy atom. The number of para-hydroxylation sites is 1. The number of carbonyl (C=O) groups is 3. The molecule has 1 aliphatic rings. The number of nitrogens with zero attached hydrogens (tertiary/aromatic N) is 1. The lowest BCUT2D eigenvalue weighted by atomic mass is 9.76. The number of hydrogen-bond donors (Lipinski definition) is 3. The van der Waals surface area contributed by atoms with Crippen molar-refractivity contribution in [1.29, 1.82) is 0 Å². The molecular weight excluding hydrogens is 955 g/mol. The van der Waals surface area contributed by atoms with Crippen LogP contribution in [0.1, 0.15) is 156 Å². The highest BCUT2D eigenvalue weighted by Crippen LogP contribution is 2.45. The molecule has 68 heavy (non-hydrogen) atoms. The molecule has 4 aromatic carbocycles. The molecule has 3 amide bonds. The number of halogens is 4. The summed E-state index contributed by atoms with van der Waals surface area (Å²) in [4.78, 5) is 44.3. The Labute approximate surface area is 430 Å². The van der Waals surface area contributed by atoms with E-state index in [2.05, 4.69) is 76.5 Å². The molecule has 0 saturated carbocycles. The van der Waals surface area contributed by atoms with Crippen molar-refractivity contribution in [3.05, 3.63) is 115 Å². The van der Waals surface area contributed by atoms with Gasteiger partial charge in [-0.3, -0.25) is 19.3 Å². The summed E-state index contributed by atoms with van der Waals surface area (Å²) in [5.74, 6) is -0.0805. The van der Waals surface area contributed by atoms with Gasteiger partial charge in [0.05, 0.1) is 49.3 Å². The first-order valence-corrected chi connectivity index (χ1v) is 26.7. The van der Waals surface area contributed by atoms with Gasteiger partial charge in [0, 0.05) is 27.6 Å². The number of ether oxygens (including phenoxy) is 1. The molecule has 8 nitrogen and oxygen atoms in total. The van der Waals surface area contributed by atoms with Gasteiger partial charge >= 0.3 is 0 Å². The maximum atomic E-state index is 14.6. The summed E-state index contributed by atoms with van der Waals surface area (Å²) >= 11 is 27.7. The van der Waals surface area contributed by atoms with Crippen molar-refractivity contribution in [3.63, 3.8) is 0 Å². The van der Waals surface area contributed by atoms with E-state index >= 15 is 0 Å². The number of carbonyl (C=O) groups excluding carboxylic acids is 3. The molecule has 0 fully saturated rings. The number of rotatable bonds is 26. The fraction of sp³-hybridized carbons (Fsp3) is 0.473. The van der Waals surface area contributed by atoms with E-state index in [0.29, 0.717) is 66.9 Å². The molecule has 1 aliphatic heterocycles. The molecule has 368 valence electrons. The van der Waals surface area contributed by atoms with Crippen LogP contribution in [0.2, 0.25) is 20.1 Å².